The van der Waals surface area contributed by atoms with Gasteiger partial charge >= 0.3 is 0 Å². The molecule has 206 valence electrons. The lowest BCUT2D eigenvalue weighted by Gasteiger charge is -2.15. The number of aromatic amines is 1. The second kappa shape index (κ2) is 9.40. The van der Waals surface area contributed by atoms with Crippen LogP contribution in [-0.2, 0) is 5.54 Å². The van der Waals surface area contributed by atoms with E-state index in [1.54, 1.807) is 19.2 Å². The zero-order valence-corrected chi connectivity index (χ0v) is 22.7. The van der Waals surface area contributed by atoms with Crippen molar-refractivity contribution in [3.63, 3.8) is 0 Å². The molecule has 3 N–H and O–H groups in total. The van der Waals surface area contributed by atoms with Crippen LogP contribution in [0, 0.1) is 12.7 Å². The maximum Gasteiger partial charge on any atom is 0.253 e. The van der Waals surface area contributed by atoms with E-state index in [-0.39, 0.29) is 17.6 Å². The SMILES string of the molecule is CNC(=O)c1c(-c2ccc(F)cc2)[nH]c2ccc(-c3cc(C(=O)NC4(c5nc(C6CC6)no5)CC4)ccc3C)cc12. The van der Waals surface area contributed by atoms with Crippen molar-refractivity contribution in [1.29, 1.82) is 0 Å². The molecule has 0 radical (unpaired) electrons. The highest BCUT2D eigenvalue weighted by Gasteiger charge is 2.51. The molecule has 2 heterocycles. The second-order valence-corrected chi connectivity index (χ2v) is 11.0. The zero-order valence-electron chi connectivity index (χ0n) is 22.7. The molecular weight excluding hydrogens is 521 g/mol. The third-order valence-corrected chi connectivity index (χ3v) is 8.09. The van der Waals surface area contributed by atoms with Gasteiger partial charge in [0.1, 0.15) is 11.4 Å². The summed E-state index contributed by atoms with van der Waals surface area (Å²) >= 11 is 0. The smallest absolute Gasteiger partial charge is 0.253 e. The average molecular weight is 550 g/mol. The zero-order chi connectivity index (χ0) is 28.3. The van der Waals surface area contributed by atoms with Crippen LogP contribution in [0.5, 0.6) is 0 Å². The number of carbonyl (C=O) groups is 2. The first-order chi connectivity index (χ1) is 19.8. The Balaban J connectivity index is 1.23. The van der Waals surface area contributed by atoms with Gasteiger partial charge in [0.2, 0.25) is 0 Å². The Kier molecular flexibility index (Phi) is 5.78. The highest BCUT2D eigenvalue weighted by atomic mass is 19.1. The molecule has 3 aromatic carbocycles. The number of halogens is 1. The number of H-pyrrole nitrogens is 1. The molecule has 2 amide bonds. The molecule has 2 aromatic heterocycles. The fourth-order valence-corrected chi connectivity index (χ4v) is 5.37. The highest BCUT2D eigenvalue weighted by molar-refractivity contribution is 6.13. The number of hydrogen-bond donors (Lipinski definition) is 3. The molecular formula is C32H28FN5O3. The molecule has 0 spiro atoms. The summed E-state index contributed by atoms with van der Waals surface area (Å²) in [6.45, 7) is 1.99. The van der Waals surface area contributed by atoms with Gasteiger partial charge in [-0.15, -0.1) is 0 Å². The van der Waals surface area contributed by atoms with Crippen LogP contribution in [0.25, 0.3) is 33.3 Å². The van der Waals surface area contributed by atoms with Gasteiger partial charge in [-0.3, -0.25) is 9.59 Å². The Labute approximate surface area is 235 Å². The van der Waals surface area contributed by atoms with E-state index in [2.05, 4.69) is 25.8 Å². The predicted octanol–water partition coefficient (Wildman–Crippen LogP) is 5.99. The van der Waals surface area contributed by atoms with Gasteiger partial charge < -0.3 is 20.1 Å². The molecule has 8 nitrogen and oxygen atoms in total. The fourth-order valence-electron chi connectivity index (χ4n) is 5.37. The van der Waals surface area contributed by atoms with Crippen molar-refractivity contribution in [1.82, 2.24) is 25.8 Å². The van der Waals surface area contributed by atoms with E-state index in [9.17, 15) is 14.0 Å². The van der Waals surface area contributed by atoms with Crippen molar-refractivity contribution >= 4 is 22.7 Å². The summed E-state index contributed by atoms with van der Waals surface area (Å²) in [5.41, 5.74) is 5.22. The Morgan fingerprint density at radius 1 is 1.00 bits per heavy atom. The average Bonchev–Trinajstić information content (AvgIpc) is 3.90. The number of aromatic nitrogens is 3. The largest absolute Gasteiger partial charge is 0.355 e. The van der Waals surface area contributed by atoms with Crippen molar-refractivity contribution in [2.24, 2.45) is 0 Å². The summed E-state index contributed by atoms with van der Waals surface area (Å²) in [5.74, 6) is 0.793. The van der Waals surface area contributed by atoms with Crippen LogP contribution in [-0.4, -0.2) is 34.0 Å². The van der Waals surface area contributed by atoms with Gasteiger partial charge in [-0.1, -0.05) is 17.3 Å². The standard InChI is InChI=1S/C32H28FN5O3/c1-17-3-4-21(29(39)37-32(13-14-32)31-36-28(38-41-31)19-5-6-19)16-23(17)20-9-12-25-24(15-20)26(30(40)34-2)27(35-25)18-7-10-22(33)11-8-18/h3-4,7-12,15-16,19,35H,5-6,13-14H2,1-2H3,(H,34,40)(H,37,39). The third kappa shape index (κ3) is 4.47. The van der Waals surface area contributed by atoms with E-state index in [0.29, 0.717) is 34.2 Å². The minimum absolute atomic E-state index is 0.206. The van der Waals surface area contributed by atoms with Gasteiger partial charge in [0.25, 0.3) is 17.7 Å². The van der Waals surface area contributed by atoms with Crippen LogP contribution in [0.3, 0.4) is 0 Å². The van der Waals surface area contributed by atoms with E-state index in [1.807, 2.05) is 43.3 Å². The topological polar surface area (TPSA) is 113 Å². The van der Waals surface area contributed by atoms with Gasteiger partial charge in [-0.05, 0) is 103 Å². The van der Waals surface area contributed by atoms with E-state index in [4.69, 9.17) is 4.52 Å². The minimum atomic E-state index is -0.606. The summed E-state index contributed by atoms with van der Waals surface area (Å²) < 4.78 is 19.1. The predicted molar refractivity (Wildman–Crippen MR) is 152 cm³/mol. The molecule has 9 heteroatoms. The number of benzene rings is 3. The fraction of sp³-hybridized carbons (Fsp3) is 0.250. The summed E-state index contributed by atoms with van der Waals surface area (Å²) in [6, 6.07) is 17.5. The molecule has 0 aliphatic heterocycles. The minimum Gasteiger partial charge on any atom is -0.355 e. The maximum atomic E-state index is 13.6. The Morgan fingerprint density at radius 3 is 2.46 bits per heavy atom. The summed E-state index contributed by atoms with van der Waals surface area (Å²) in [6.07, 6.45) is 3.67. The molecule has 0 unspecified atom stereocenters. The van der Waals surface area contributed by atoms with Crippen molar-refractivity contribution in [3.8, 4) is 22.4 Å². The van der Waals surface area contributed by atoms with Gasteiger partial charge in [0.05, 0.1) is 11.3 Å². The Bertz CT molecular complexity index is 1830. The van der Waals surface area contributed by atoms with Gasteiger partial charge in [-0.25, -0.2) is 4.39 Å². The van der Waals surface area contributed by atoms with Crippen LogP contribution in [0.4, 0.5) is 4.39 Å². The monoisotopic (exact) mass is 549 g/mol. The van der Waals surface area contributed by atoms with Gasteiger partial charge in [0.15, 0.2) is 5.82 Å². The van der Waals surface area contributed by atoms with Gasteiger partial charge in [0, 0.05) is 29.4 Å². The van der Waals surface area contributed by atoms with Crippen molar-refractivity contribution in [2.45, 2.75) is 44.1 Å². The first-order valence-corrected chi connectivity index (χ1v) is 13.8. The number of amides is 2. The van der Waals surface area contributed by atoms with Crippen molar-refractivity contribution in [2.75, 3.05) is 7.05 Å². The van der Waals surface area contributed by atoms with Crippen LogP contribution >= 0.6 is 0 Å². The molecule has 2 fully saturated rings. The number of carbonyl (C=O) groups excluding carboxylic acids is 2. The molecule has 0 saturated heterocycles. The summed E-state index contributed by atoms with van der Waals surface area (Å²) in [5, 5.41) is 10.7. The first kappa shape index (κ1) is 25.2. The summed E-state index contributed by atoms with van der Waals surface area (Å²) in [4.78, 5) is 34.3. The number of aryl methyl sites for hydroxylation is 1. The number of rotatable bonds is 7. The van der Waals surface area contributed by atoms with E-state index in [0.717, 1.165) is 59.1 Å². The van der Waals surface area contributed by atoms with Crippen molar-refractivity contribution < 1.29 is 18.5 Å². The molecule has 0 atom stereocenters. The molecule has 2 aliphatic rings. The summed E-state index contributed by atoms with van der Waals surface area (Å²) in [7, 11) is 1.58. The quantitative estimate of drug-likeness (QED) is 0.231. The van der Waals surface area contributed by atoms with E-state index < -0.39 is 5.54 Å². The molecule has 7 rings (SSSR count). The van der Waals surface area contributed by atoms with Crippen LogP contribution in [0.2, 0.25) is 0 Å². The first-order valence-electron chi connectivity index (χ1n) is 13.8. The van der Waals surface area contributed by atoms with Gasteiger partial charge in [-0.2, -0.15) is 4.98 Å². The lowest BCUT2D eigenvalue weighted by Crippen LogP contribution is -2.35. The molecule has 5 aromatic rings. The molecule has 0 bridgehead atoms. The Morgan fingerprint density at radius 2 is 1.76 bits per heavy atom. The van der Waals surface area contributed by atoms with Crippen LogP contribution in [0.15, 0.2) is 65.2 Å². The highest BCUT2D eigenvalue weighted by Crippen LogP contribution is 2.46. The van der Waals surface area contributed by atoms with E-state index >= 15 is 0 Å². The lowest BCUT2D eigenvalue weighted by atomic mass is 9.95. The number of fused-ring (bicyclic) bond motifs is 1. The maximum absolute atomic E-state index is 13.6. The molecule has 41 heavy (non-hydrogen) atoms. The normalized spacial score (nSPS) is 15.6. The number of nitrogens with zero attached hydrogens (tertiary/aromatic N) is 2. The number of hydrogen-bond acceptors (Lipinski definition) is 5. The molecule has 2 aliphatic carbocycles. The third-order valence-electron chi connectivity index (χ3n) is 8.09. The van der Waals surface area contributed by atoms with E-state index in [1.165, 1.54) is 12.1 Å². The van der Waals surface area contributed by atoms with Crippen LogP contribution in [0.1, 0.15) is 69.6 Å². The number of nitrogens with one attached hydrogen (secondary N) is 3. The lowest BCUT2D eigenvalue weighted by molar-refractivity contribution is 0.0919. The second-order valence-electron chi connectivity index (χ2n) is 11.0. The Hall–Kier alpha value is -4.79. The molecule has 2 saturated carbocycles. The van der Waals surface area contributed by atoms with Crippen LogP contribution < -0.4 is 10.6 Å². The van der Waals surface area contributed by atoms with Crippen molar-refractivity contribution in [3.05, 3.63) is 94.9 Å².